The first-order valence-corrected chi connectivity index (χ1v) is 9.35. The van der Waals surface area contributed by atoms with E-state index in [4.69, 9.17) is 4.84 Å². The van der Waals surface area contributed by atoms with Gasteiger partial charge in [-0.15, -0.1) is 5.06 Å². The second-order valence-electron chi connectivity index (χ2n) is 6.10. The zero-order valence-electron chi connectivity index (χ0n) is 14.1. The van der Waals surface area contributed by atoms with Crippen molar-refractivity contribution in [3.8, 4) is 0 Å². The van der Waals surface area contributed by atoms with Crippen LogP contribution in [0.5, 0.6) is 0 Å². The Balaban J connectivity index is 1.36. The maximum Gasteiger partial charge on any atom is 0.313 e. The fourth-order valence-corrected chi connectivity index (χ4v) is 4.03. The average Bonchev–Trinajstić information content (AvgIpc) is 3.19. The zero-order valence-corrected chi connectivity index (χ0v) is 14.9. The summed E-state index contributed by atoms with van der Waals surface area (Å²) in [6.45, 7) is 0.827. The topological polar surface area (TPSA) is 51.5 Å². The first-order valence-electron chi connectivity index (χ1n) is 8.48. The summed E-state index contributed by atoms with van der Waals surface area (Å²) in [4.78, 5) is 30.1. The van der Waals surface area contributed by atoms with Crippen LogP contribution in [0.1, 0.15) is 5.56 Å². The molecule has 0 aliphatic carbocycles. The third-order valence-electron chi connectivity index (χ3n) is 4.38. The molecule has 0 N–H and O–H groups in total. The zero-order chi connectivity index (χ0) is 17.9. The Bertz CT molecular complexity index is 938. The van der Waals surface area contributed by atoms with E-state index < -0.39 is 5.25 Å². The van der Waals surface area contributed by atoms with E-state index in [2.05, 4.69) is 4.57 Å². The van der Waals surface area contributed by atoms with Gasteiger partial charge < -0.3 is 4.57 Å². The first-order chi connectivity index (χ1) is 12.7. The number of imide groups is 1. The maximum absolute atomic E-state index is 12.5. The highest BCUT2D eigenvalue weighted by Gasteiger charge is 2.40. The molecule has 0 bridgehead atoms. The van der Waals surface area contributed by atoms with Crippen molar-refractivity contribution in [1.29, 1.82) is 0 Å². The molecular weight excluding hydrogens is 348 g/mol. The van der Waals surface area contributed by atoms with Crippen LogP contribution in [-0.2, 0) is 22.6 Å². The van der Waals surface area contributed by atoms with Gasteiger partial charge in [0.2, 0.25) is 0 Å². The number of para-hydroxylation sites is 1. The van der Waals surface area contributed by atoms with E-state index in [1.165, 1.54) is 0 Å². The Morgan fingerprint density at radius 1 is 0.962 bits per heavy atom. The van der Waals surface area contributed by atoms with E-state index in [1.807, 2.05) is 66.9 Å². The van der Waals surface area contributed by atoms with Gasteiger partial charge in [0.05, 0.1) is 11.9 Å². The van der Waals surface area contributed by atoms with Crippen molar-refractivity contribution < 1.29 is 14.4 Å². The summed E-state index contributed by atoms with van der Waals surface area (Å²) in [5.74, 6) is -0.277. The van der Waals surface area contributed by atoms with Crippen LogP contribution in [-0.4, -0.2) is 32.6 Å². The Kier molecular flexibility index (Phi) is 4.77. The van der Waals surface area contributed by atoms with Crippen LogP contribution < -0.4 is 0 Å². The predicted molar refractivity (Wildman–Crippen MR) is 102 cm³/mol. The molecule has 2 amide bonds. The summed E-state index contributed by atoms with van der Waals surface area (Å²) in [5.41, 5.74) is 2.14. The summed E-state index contributed by atoms with van der Waals surface area (Å²) in [6.07, 6.45) is 2.51. The second kappa shape index (κ2) is 7.35. The highest BCUT2D eigenvalue weighted by atomic mass is 32.2. The lowest BCUT2D eigenvalue weighted by Crippen LogP contribution is -2.33. The second-order valence-corrected chi connectivity index (χ2v) is 7.25. The molecule has 3 aromatic rings. The molecule has 2 heterocycles. The normalized spacial score (nSPS) is 17.4. The van der Waals surface area contributed by atoms with Crippen molar-refractivity contribution in [3.63, 3.8) is 0 Å². The van der Waals surface area contributed by atoms with Crippen molar-refractivity contribution in [3.05, 3.63) is 72.4 Å². The molecule has 1 aromatic heterocycles. The van der Waals surface area contributed by atoms with E-state index in [0.717, 1.165) is 33.3 Å². The Morgan fingerprint density at radius 3 is 2.58 bits per heavy atom. The van der Waals surface area contributed by atoms with Crippen molar-refractivity contribution >= 4 is 33.8 Å². The lowest BCUT2D eigenvalue weighted by molar-refractivity contribution is -0.164. The van der Waals surface area contributed by atoms with Crippen LogP contribution in [0.4, 0.5) is 4.79 Å². The summed E-state index contributed by atoms with van der Waals surface area (Å²) in [6, 6.07) is 19.8. The fraction of sp³-hybridized carbons (Fsp3) is 0.200. The number of nitrogens with zero attached hydrogens (tertiary/aromatic N) is 2. The molecule has 1 fully saturated rings. The van der Waals surface area contributed by atoms with Crippen LogP contribution in [0.15, 0.2) is 66.9 Å². The number of aromatic nitrogens is 1. The lowest BCUT2D eigenvalue weighted by atomic mass is 10.1. The molecule has 0 spiro atoms. The van der Waals surface area contributed by atoms with Gasteiger partial charge in [-0.3, -0.25) is 14.4 Å². The van der Waals surface area contributed by atoms with Gasteiger partial charge in [0.15, 0.2) is 0 Å². The molecule has 1 unspecified atom stereocenters. The molecule has 1 saturated heterocycles. The van der Waals surface area contributed by atoms with Gasteiger partial charge in [0.1, 0.15) is 0 Å². The molecule has 1 aliphatic rings. The van der Waals surface area contributed by atoms with Gasteiger partial charge in [-0.2, -0.15) is 0 Å². The number of benzene rings is 2. The molecular formula is C20H18N2O3S. The SMILES string of the molecule is O=C1SC(Cc2ccccc2)C(=O)N1OCCn1ccc2ccccc21. The molecule has 5 nitrogen and oxygen atoms in total. The molecule has 2 aromatic carbocycles. The minimum absolute atomic E-state index is 0.259. The molecule has 4 rings (SSSR count). The number of thioether (sulfide) groups is 1. The number of hydrogen-bond donors (Lipinski definition) is 0. The summed E-state index contributed by atoms with van der Waals surface area (Å²) in [5, 5.41) is 1.31. The number of hydrogen-bond acceptors (Lipinski definition) is 4. The van der Waals surface area contributed by atoms with Crippen LogP contribution in [0, 0.1) is 0 Å². The van der Waals surface area contributed by atoms with Crippen LogP contribution in [0.25, 0.3) is 10.9 Å². The van der Waals surface area contributed by atoms with E-state index in [-0.39, 0.29) is 17.8 Å². The van der Waals surface area contributed by atoms with Crippen molar-refractivity contribution in [2.75, 3.05) is 6.61 Å². The van der Waals surface area contributed by atoms with Crippen LogP contribution in [0.3, 0.4) is 0 Å². The van der Waals surface area contributed by atoms with Gasteiger partial charge in [-0.05, 0) is 41.3 Å². The van der Waals surface area contributed by atoms with E-state index >= 15 is 0 Å². The standard InChI is InChI=1S/C20H18N2O3S/c23-19-18(14-15-6-2-1-3-7-15)26-20(24)22(19)25-13-12-21-11-10-16-8-4-5-9-17(16)21/h1-11,18H,12-14H2. The van der Waals surface area contributed by atoms with Crippen molar-refractivity contribution in [1.82, 2.24) is 9.63 Å². The number of carbonyl (C=O) groups excluding carboxylic acids is 2. The molecule has 132 valence electrons. The third-order valence-corrected chi connectivity index (χ3v) is 5.40. The van der Waals surface area contributed by atoms with E-state index in [1.54, 1.807) is 0 Å². The first kappa shape index (κ1) is 16.9. The van der Waals surface area contributed by atoms with Crippen molar-refractivity contribution in [2.24, 2.45) is 0 Å². The average molecular weight is 366 g/mol. The molecule has 0 radical (unpaired) electrons. The minimum Gasteiger partial charge on any atom is -0.345 e. The van der Waals surface area contributed by atoms with Crippen molar-refractivity contribution in [2.45, 2.75) is 18.2 Å². The lowest BCUT2D eigenvalue weighted by Gasteiger charge is -2.14. The molecule has 6 heteroatoms. The number of fused-ring (bicyclic) bond motifs is 1. The summed E-state index contributed by atoms with van der Waals surface area (Å²) in [7, 11) is 0. The van der Waals surface area contributed by atoms with Gasteiger partial charge in [-0.1, -0.05) is 48.5 Å². The highest BCUT2D eigenvalue weighted by molar-refractivity contribution is 8.15. The largest absolute Gasteiger partial charge is 0.345 e. The number of carbonyl (C=O) groups is 2. The Labute approximate surface area is 155 Å². The van der Waals surface area contributed by atoms with Gasteiger partial charge in [-0.25, -0.2) is 0 Å². The van der Waals surface area contributed by atoms with Crippen LogP contribution >= 0.6 is 11.8 Å². The minimum atomic E-state index is -0.419. The molecule has 26 heavy (non-hydrogen) atoms. The predicted octanol–water partition coefficient (Wildman–Crippen LogP) is 3.88. The molecule has 0 saturated carbocycles. The highest BCUT2D eigenvalue weighted by Crippen LogP contribution is 2.29. The fourth-order valence-electron chi connectivity index (χ4n) is 3.08. The molecule has 1 aliphatic heterocycles. The van der Waals surface area contributed by atoms with Gasteiger partial charge in [0, 0.05) is 18.3 Å². The van der Waals surface area contributed by atoms with E-state index in [9.17, 15) is 9.59 Å². The van der Waals surface area contributed by atoms with Crippen LogP contribution in [0.2, 0.25) is 0 Å². The van der Waals surface area contributed by atoms with Gasteiger partial charge in [0.25, 0.3) is 5.91 Å². The smallest absolute Gasteiger partial charge is 0.313 e. The summed E-state index contributed by atoms with van der Waals surface area (Å²) < 4.78 is 2.05. The molecule has 1 atom stereocenters. The Morgan fingerprint density at radius 2 is 1.73 bits per heavy atom. The number of rotatable bonds is 6. The van der Waals surface area contributed by atoms with Gasteiger partial charge >= 0.3 is 5.24 Å². The maximum atomic E-state index is 12.5. The quantitative estimate of drug-likeness (QED) is 0.664. The monoisotopic (exact) mass is 366 g/mol. The summed E-state index contributed by atoms with van der Waals surface area (Å²) >= 11 is 1.03. The number of hydroxylamine groups is 2. The van der Waals surface area contributed by atoms with E-state index in [0.29, 0.717) is 13.0 Å². The third kappa shape index (κ3) is 3.38. The number of amides is 2. The Hall–Kier alpha value is -2.57.